The molecule has 1 aromatic heterocycles. The zero-order chi connectivity index (χ0) is 18.0. The zero-order valence-corrected chi connectivity index (χ0v) is 13.2. The van der Waals surface area contributed by atoms with Crippen molar-refractivity contribution >= 4 is 22.5 Å². The molecule has 0 aliphatic heterocycles. The Morgan fingerprint density at radius 2 is 2.00 bits per heavy atom. The van der Waals surface area contributed by atoms with Crippen molar-refractivity contribution < 1.29 is 14.3 Å². The van der Waals surface area contributed by atoms with Crippen LogP contribution >= 0.6 is 0 Å². The summed E-state index contributed by atoms with van der Waals surface area (Å²) >= 11 is 0. The van der Waals surface area contributed by atoms with Crippen LogP contribution < -0.4 is 10.9 Å². The number of amides is 1. The van der Waals surface area contributed by atoms with Gasteiger partial charge < -0.3 is 15.0 Å². The SMILES string of the molecule is C=CCn1c(=O)c(C(=O)Nc2cccc(F)c2)c(O)c2ccccc21. The highest BCUT2D eigenvalue weighted by Gasteiger charge is 2.22. The number of pyridine rings is 1. The second-order valence-corrected chi connectivity index (χ2v) is 5.41. The highest BCUT2D eigenvalue weighted by molar-refractivity contribution is 6.09. The number of benzene rings is 2. The number of para-hydroxylation sites is 1. The Hall–Kier alpha value is -3.41. The predicted octanol–water partition coefficient (Wildman–Crippen LogP) is 3.28. The van der Waals surface area contributed by atoms with E-state index in [9.17, 15) is 19.1 Å². The highest BCUT2D eigenvalue weighted by atomic mass is 19.1. The molecule has 0 spiro atoms. The number of nitrogens with zero attached hydrogens (tertiary/aromatic N) is 1. The van der Waals surface area contributed by atoms with Gasteiger partial charge in [-0.3, -0.25) is 9.59 Å². The number of aromatic nitrogens is 1. The van der Waals surface area contributed by atoms with Crippen molar-refractivity contribution in [2.24, 2.45) is 0 Å². The van der Waals surface area contributed by atoms with Crippen LogP contribution in [0.2, 0.25) is 0 Å². The lowest BCUT2D eigenvalue weighted by Crippen LogP contribution is -2.29. The molecule has 0 atom stereocenters. The Morgan fingerprint density at radius 3 is 2.72 bits per heavy atom. The lowest BCUT2D eigenvalue weighted by atomic mass is 10.1. The van der Waals surface area contributed by atoms with Crippen LogP contribution in [-0.2, 0) is 6.54 Å². The monoisotopic (exact) mass is 338 g/mol. The fraction of sp³-hybridized carbons (Fsp3) is 0.0526. The molecule has 0 aliphatic carbocycles. The molecule has 2 aromatic carbocycles. The van der Waals surface area contributed by atoms with E-state index in [1.54, 1.807) is 24.3 Å². The second kappa shape index (κ2) is 6.60. The third-order valence-corrected chi connectivity index (χ3v) is 3.77. The van der Waals surface area contributed by atoms with Crippen LogP contribution in [0.3, 0.4) is 0 Å². The maximum absolute atomic E-state index is 13.3. The summed E-state index contributed by atoms with van der Waals surface area (Å²) in [5, 5.41) is 13.3. The van der Waals surface area contributed by atoms with Crippen molar-refractivity contribution in [2.75, 3.05) is 5.32 Å². The standard InChI is InChI=1S/C19H15FN2O3/c1-2-10-22-15-9-4-3-8-14(15)17(23)16(19(22)25)18(24)21-13-7-5-6-12(20)11-13/h2-9,11,23H,1,10H2,(H,21,24). The van der Waals surface area contributed by atoms with E-state index in [0.717, 1.165) is 6.07 Å². The van der Waals surface area contributed by atoms with Gasteiger partial charge in [0.25, 0.3) is 11.5 Å². The Labute approximate surface area is 142 Å². The van der Waals surface area contributed by atoms with Crippen LogP contribution in [0.5, 0.6) is 5.75 Å². The van der Waals surface area contributed by atoms with Crippen molar-refractivity contribution in [2.45, 2.75) is 6.54 Å². The van der Waals surface area contributed by atoms with E-state index in [2.05, 4.69) is 11.9 Å². The van der Waals surface area contributed by atoms with Gasteiger partial charge in [0, 0.05) is 17.6 Å². The van der Waals surface area contributed by atoms with E-state index in [-0.39, 0.29) is 12.2 Å². The number of hydrogen-bond acceptors (Lipinski definition) is 3. The summed E-state index contributed by atoms with van der Waals surface area (Å²) in [5.41, 5.74) is -0.366. The molecule has 25 heavy (non-hydrogen) atoms. The first-order valence-electron chi connectivity index (χ1n) is 7.55. The number of carbonyl (C=O) groups is 1. The predicted molar refractivity (Wildman–Crippen MR) is 94.4 cm³/mol. The fourth-order valence-electron chi connectivity index (χ4n) is 2.66. The summed E-state index contributed by atoms with van der Waals surface area (Å²) in [5.74, 6) is -1.74. The molecule has 0 radical (unpaired) electrons. The highest BCUT2D eigenvalue weighted by Crippen LogP contribution is 2.27. The number of anilines is 1. The fourth-order valence-corrected chi connectivity index (χ4v) is 2.66. The number of hydrogen-bond donors (Lipinski definition) is 2. The van der Waals surface area contributed by atoms with Crippen LogP contribution in [-0.4, -0.2) is 15.6 Å². The number of nitrogens with one attached hydrogen (secondary N) is 1. The van der Waals surface area contributed by atoms with Gasteiger partial charge in [-0.2, -0.15) is 0 Å². The van der Waals surface area contributed by atoms with Gasteiger partial charge in [0.2, 0.25) is 0 Å². The Balaban J connectivity index is 2.16. The first kappa shape index (κ1) is 16.4. The Kier molecular flexibility index (Phi) is 4.35. The van der Waals surface area contributed by atoms with Gasteiger partial charge in [0.05, 0.1) is 5.52 Å². The average molecular weight is 338 g/mol. The van der Waals surface area contributed by atoms with E-state index in [1.807, 2.05) is 0 Å². The molecule has 3 rings (SSSR count). The molecule has 0 unspecified atom stereocenters. The van der Waals surface area contributed by atoms with E-state index in [0.29, 0.717) is 10.9 Å². The molecule has 0 saturated heterocycles. The maximum atomic E-state index is 13.3. The second-order valence-electron chi connectivity index (χ2n) is 5.41. The Bertz CT molecular complexity index is 1040. The first-order valence-corrected chi connectivity index (χ1v) is 7.55. The smallest absolute Gasteiger partial charge is 0.268 e. The van der Waals surface area contributed by atoms with Gasteiger partial charge >= 0.3 is 0 Å². The number of aromatic hydroxyl groups is 1. The maximum Gasteiger partial charge on any atom is 0.268 e. The molecular weight excluding hydrogens is 323 g/mol. The number of carbonyl (C=O) groups excluding carboxylic acids is 1. The summed E-state index contributed by atoms with van der Waals surface area (Å²) in [6.45, 7) is 3.79. The minimum absolute atomic E-state index is 0.180. The summed E-state index contributed by atoms with van der Waals surface area (Å²) < 4.78 is 14.6. The molecule has 6 heteroatoms. The first-order chi connectivity index (χ1) is 12.0. The number of halogens is 1. The molecule has 1 heterocycles. The molecule has 0 aliphatic rings. The molecule has 0 fully saturated rings. The summed E-state index contributed by atoms with van der Waals surface area (Å²) in [7, 11) is 0. The number of fused-ring (bicyclic) bond motifs is 1. The molecule has 126 valence electrons. The van der Waals surface area contributed by atoms with Crippen molar-refractivity contribution in [1.82, 2.24) is 4.57 Å². The van der Waals surface area contributed by atoms with Crippen LogP contribution in [0.1, 0.15) is 10.4 Å². The van der Waals surface area contributed by atoms with Crippen LogP contribution in [0.25, 0.3) is 10.9 Å². The lowest BCUT2D eigenvalue weighted by molar-refractivity contribution is 0.102. The number of allylic oxidation sites excluding steroid dienone is 1. The number of rotatable bonds is 4. The quantitative estimate of drug-likeness (QED) is 0.717. The normalized spacial score (nSPS) is 10.6. The lowest BCUT2D eigenvalue weighted by Gasteiger charge is -2.13. The van der Waals surface area contributed by atoms with E-state index < -0.39 is 28.6 Å². The minimum atomic E-state index is -0.809. The van der Waals surface area contributed by atoms with E-state index in [1.165, 1.54) is 28.8 Å². The molecule has 0 bridgehead atoms. The van der Waals surface area contributed by atoms with Gasteiger partial charge in [-0.1, -0.05) is 24.3 Å². The van der Waals surface area contributed by atoms with Gasteiger partial charge in [-0.25, -0.2) is 4.39 Å². The summed E-state index contributed by atoms with van der Waals surface area (Å²) in [6.07, 6.45) is 1.53. The van der Waals surface area contributed by atoms with E-state index in [4.69, 9.17) is 0 Å². The van der Waals surface area contributed by atoms with E-state index >= 15 is 0 Å². The topological polar surface area (TPSA) is 71.3 Å². The summed E-state index contributed by atoms with van der Waals surface area (Å²) in [6, 6.07) is 12.0. The van der Waals surface area contributed by atoms with Crippen LogP contribution in [0.15, 0.2) is 66.0 Å². The van der Waals surface area contributed by atoms with Crippen molar-refractivity contribution in [3.05, 3.63) is 82.9 Å². The average Bonchev–Trinajstić information content (AvgIpc) is 2.59. The molecule has 1 amide bonds. The Morgan fingerprint density at radius 1 is 1.24 bits per heavy atom. The van der Waals surface area contributed by atoms with Crippen molar-refractivity contribution in [3.63, 3.8) is 0 Å². The van der Waals surface area contributed by atoms with Crippen molar-refractivity contribution in [3.8, 4) is 5.75 Å². The molecule has 3 aromatic rings. The van der Waals surface area contributed by atoms with Crippen molar-refractivity contribution in [1.29, 1.82) is 0 Å². The van der Waals surface area contributed by atoms with Gasteiger partial charge in [0.15, 0.2) is 0 Å². The summed E-state index contributed by atoms with van der Waals surface area (Å²) in [4.78, 5) is 25.2. The molecule has 5 nitrogen and oxygen atoms in total. The zero-order valence-electron chi connectivity index (χ0n) is 13.2. The largest absolute Gasteiger partial charge is 0.506 e. The van der Waals surface area contributed by atoms with Gasteiger partial charge in [-0.05, 0) is 30.3 Å². The third kappa shape index (κ3) is 3.01. The molecule has 0 saturated carbocycles. The molecular formula is C19H15FN2O3. The van der Waals surface area contributed by atoms with Gasteiger partial charge in [0.1, 0.15) is 17.1 Å². The van der Waals surface area contributed by atoms with Crippen LogP contribution in [0.4, 0.5) is 10.1 Å². The third-order valence-electron chi connectivity index (χ3n) is 3.77. The molecule has 2 N–H and O–H groups in total. The minimum Gasteiger partial charge on any atom is -0.506 e. The van der Waals surface area contributed by atoms with Crippen LogP contribution in [0, 0.1) is 5.82 Å². The van der Waals surface area contributed by atoms with Gasteiger partial charge in [-0.15, -0.1) is 6.58 Å².